The van der Waals surface area contributed by atoms with E-state index in [1.165, 1.54) is 23.8 Å². The standard InChI is InChI=1S/C14H18BrN3/c15-10-1-2-13-11(7-10)12(8-18-13)14(16)9-3-5-17-6-4-9/h1-2,7-9,14,17-18H,3-6,16H2/t14-/m1/s1. The molecule has 1 saturated heterocycles. The zero-order valence-corrected chi connectivity index (χ0v) is 11.8. The van der Waals surface area contributed by atoms with Crippen molar-refractivity contribution in [1.29, 1.82) is 0 Å². The minimum atomic E-state index is 0.134. The maximum atomic E-state index is 6.47. The molecule has 18 heavy (non-hydrogen) atoms. The lowest BCUT2D eigenvalue weighted by Crippen LogP contribution is -2.33. The van der Waals surface area contributed by atoms with Gasteiger partial charge in [0.2, 0.25) is 0 Å². The number of nitrogens with two attached hydrogens (primary N) is 1. The van der Waals surface area contributed by atoms with Crippen molar-refractivity contribution < 1.29 is 0 Å². The number of rotatable bonds is 2. The molecule has 3 rings (SSSR count). The molecule has 0 spiro atoms. The van der Waals surface area contributed by atoms with Crippen molar-refractivity contribution in [2.75, 3.05) is 13.1 Å². The van der Waals surface area contributed by atoms with E-state index in [1.54, 1.807) is 0 Å². The molecule has 0 bridgehead atoms. The fraction of sp³-hybridized carbons (Fsp3) is 0.429. The summed E-state index contributed by atoms with van der Waals surface area (Å²) in [7, 11) is 0. The Bertz CT molecular complexity index is 543. The molecule has 3 nitrogen and oxygen atoms in total. The van der Waals surface area contributed by atoms with Crippen LogP contribution in [0.5, 0.6) is 0 Å². The van der Waals surface area contributed by atoms with Gasteiger partial charge in [0, 0.05) is 27.6 Å². The van der Waals surface area contributed by atoms with Crippen LogP contribution in [0.1, 0.15) is 24.4 Å². The largest absolute Gasteiger partial charge is 0.361 e. The second kappa shape index (κ2) is 5.03. The van der Waals surface area contributed by atoms with Crippen molar-refractivity contribution in [2.45, 2.75) is 18.9 Å². The van der Waals surface area contributed by atoms with Gasteiger partial charge in [-0.25, -0.2) is 0 Å². The maximum absolute atomic E-state index is 6.47. The molecule has 96 valence electrons. The van der Waals surface area contributed by atoms with Crippen LogP contribution in [0.2, 0.25) is 0 Å². The second-order valence-electron chi connectivity index (χ2n) is 5.05. The minimum absolute atomic E-state index is 0.134. The van der Waals surface area contributed by atoms with Crippen LogP contribution in [0.15, 0.2) is 28.9 Å². The normalized spacial score (nSPS) is 19.2. The Balaban J connectivity index is 1.95. The van der Waals surface area contributed by atoms with Gasteiger partial charge >= 0.3 is 0 Å². The van der Waals surface area contributed by atoms with Crippen LogP contribution in [0.25, 0.3) is 10.9 Å². The predicted octanol–water partition coefficient (Wildman–Crippen LogP) is 2.93. The molecular weight excluding hydrogens is 290 g/mol. The van der Waals surface area contributed by atoms with E-state index in [1.807, 2.05) is 0 Å². The smallest absolute Gasteiger partial charge is 0.0458 e. The molecule has 1 aliphatic heterocycles. The monoisotopic (exact) mass is 307 g/mol. The van der Waals surface area contributed by atoms with Crippen LogP contribution in [-0.4, -0.2) is 18.1 Å². The number of piperidine rings is 1. The first-order valence-electron chi connectivity index (χ1n) is 6.48. The quantitative estimate of drug-likeness (QED) is 0.799. The van der Waals surface area contributed by atoms with E-state index in [2.05, 4.69) is 50.6 Å². The molecule has 0 amide bonds. The van der Waals surface area contributed by atoms with Gasteiger partial charge in [-0.05, 0) is 55.6 Å². The molecule has 0 aliphatic carbocycles. The molecule has 4 N–H and O–H groups in total. The van der Waals surface area contributed by atoms with Crippen molar-refractivity contribution in [3.05, 3.63) is 34.4 Å². The van der Waals surface area contributed by atoms with E-state index >= 15 is 0 Å². The van der Waals surface area contributed by atoms with E-state index in [-0.39, 0.29) is 6.04 Å². The number of aromatic amines is 1. The fourth-order valence-corrected chi connectivity index (χ4v) is 3.21. The van der Waals surface area contributed by atoms with Crippen LogP contribution in [0.4, 0.5) is 0 Å². The first kappa shape index (κ1) is 12.2. The Labute approximate surface area is 115 Å². The van der Waals surface area contributed by atoms with Crippen molar-refractivity contribution in [2.24, 2.45) is 11.7 Å². The summed E-state index contributed by atoms with van der Waals surface area (Å²) in [5.41, 5.74) is 8.88. The van der Waals surface area contributed by atoms with Gasteiger partial charge in [-0.1, -0.05) is 15.9 Å². The van der Waals surface area contributed by atoms with Crippen LogP contribution in [-0.2, 0) is 0 Å². The molecule has 4 heteroatoms. The highest BCUT2D eigenvalue weighted by molar-refractivity contribution is 9.10. The third-order valence-electron chi connectivity index (χ3n) is 3.93. The van der Waals surface area contributed by atoms with E-state index in [9.17, 15) is 0 Å². The lowest BCUT2D eigenvalue weighted by atomic mass is 9.86. The van der Waals surface area contributed by atoms with Gasteiger partial charge in [-0.15, -0.1) is 0 Å². The lowest BCUT2D eigenvalue weighted by molar-refractivity contribution is 0.323. The number of aromatic nitrogens is 1. The maximum Gasteiger partial charge on any atom is 0.0458 e. The summed E-state index contributed by atoms with van der Waals surface area (Å²) in [5, 5.41) is 4.64. The summed E-state index contributed by atoms with van der Waals surface area (Å²) in [6, 6.07) is 6.44. The molecule has 0 unspecified atom stereocenters. The van der Waals surface area contributed by atoms with Crippen LogP contribution >= 0.6 is 15.9 Å². The molecule has 2 heterocycles. The number of benzene rings is 1. The van der Waals surface area contributed by atoms with Crippen LogP contribution in [0.3, 0.4) is 0 Å². The van der Waals surface area contributed by atoms with E-state index in [0.717, 1.165) is 23.1 Å². The third-order valence-corrected chi connectivity index (χ3v) is 4.42. The molecule has 1 aromatic heterocycles. The van der Waals surface area contributed by atoms with Gasteiger partial charge in [0.05, 0.1) is 0 Å². The molecule has 1 aromatic carbocycles. The Morgan fingerprint density at radius 3 is 2.83 bits per heavy atom. The number of H-pyrrole nitrogens is 1. The predicted molar refractivity (Wildman–Crippen MR) is 78.5 cm³/mol. The Morgan fingerprint density at radius 2 is 2.06 bits per heavy atom. The van der Waals surface area contributed by atoms with Gasteiger partial charge < -0.3 is 16.0 Å². The lowest BCUT2D eigenvalue weighted by Gasteiger charge is -2.28. The first-order chi connectivity index (χ1) is 8.75. The van der Waals surface area contributed by atoms with Gasteiger partial charge in [-0.3, -0.25) is 0 Å². The van der Waals surface area contributed by atoms with Gasteiger partial charge in [0.15, 0.2) is 0 Å². The summed E-state index contributed by atoms with van der Waals surface area (Å²) in [4.78, 5) is 3.32. The highest BCUT2D eigenvalue weighted by Crippen LogP contribution is 2.32. The summed E-state index contributed by atoms with van der Waals surface area (Å²) in [6.07, 6.45) is 4.41. The van der Waals surface area contributed by atoms with Crippen molar-refractivity contribution in [1.82, 2.24) is 10.3 Å². The average Bonchev–Trinajstić information content (AvgIpc) is 2.82. The third kappa shape index (κ3) is 2.20. The van der Waals surface area contributed by atoms with Gasteiger partial charge in [0.1, 0.15) is 0 Å². The second-order valence-corrected chi connectivity index (χ2v) is 5.96. The highest BCUT2D eigenvalue weighted by Gasteiger charge is 2.23. The summed E-state index contributed by atoms with van der Waals surface area (Å²) < 4.78 is 1.10. The summed E-state index contributed by atoms with van der Waals surface area (Å²) in [6.45, 7) is 2.18. The Morgan fingerprint density at radius 1 is 1.28 bits per heavy atom. The SMILES string of the molecule is N[C@@H](c1c[nH]c2ccc(Br)cc12)C1CCNCC1. The van der Waals surface area contributed by atoms with E-state index < -0.39 is 0 Å². The number of hydrogen-bond donors (Lipinski definition) is 3. The Hall–Kier alpha value is -0.840. The molecule has 0 radical (unpaired) electrons. The van der Waals surface area contributed by atoms with Gasteiger partial charge in [0.25, 0.3) is 0 Å². The molecule has 1 aliphatic rings. The Kier molecular flexibility index (Phi) is 3.41. The minimum Gasteiger partial charge on any atom is -0.361 e. The first-order valence-corrected chi connectivity index (χ1v) is 7.28. The number of nitrogens with one attached hydrogen (secondary N) is 2. The van der Waals surface area contributed by atoms with Crippen LogP contribution < -0.4 is 11.1 Å². The van der Waals surface area contributed by atoms with Crippen molar-refractivity contribution >= 4 is 26.8 Å². The van der Waals surface area contributed by atoms with E-state index in [0.29, 0.717) is 5.92 Å². The topological polar surface area (TPSA) is 53.8 Å². The number of halogens is 1. The van der Waals surface area contributed by atoms with Gasteiger partial charge in [-0.2, -0.15) is 0 Å². The van der Waals surface area contributed by atoms with Crippen molar-refractivity contribution in [3.63, 3.8) is 0 Å². The molecule has 1 atom stereocenters. The average molecular weight is 308 g/mol. The zero-order valence-electron chi connectivity index (χ0n) is 10.2. The molecule has 1 fully saturated rings. The van der Waals surface area contributed by atoms with E-state index in [4.69, 9.17) is 5.73 Å². The van der Waals surface area contributed by atoms with Crippen LogP contribution in [0, 0.1) is 5.92 Å². The van der Waals surface area contributed by atoms with Crippen molar-refractivity contribution in [3.8, 4) is 0 Å². The summed E-state index contributed by atoms with van der Waals surface area (Å²) in [5.74, 6) is 0.587. The number of fused-ring (bicyclic) bond motifs is 1. The fourth-order valence-electron chi connectivity index (χ4n) is 2.85. The molecule has 0 saturated carbocycles. The molecule has 2 aromatic rings. The number of hydrogen-bond acceptors (Lipinski definition) is 2. The summed E-state index contributed by atoms with van der Waals surface area (Å²) >= 11 is 3.53. The highest BCUT2D eigenvalue weighted by atomic mass is 79.9. The molecular formula is C14H18BrN3. The zero-order chi connectivity index (χ0) is 12.5.